The second kappa shape index (κ2) is 5.06. The summed E-state index contributed by atoms with van der Waals surface area (Å²) in [5.41, 5.74) is 2.81. The molecule has 0 heterocycles. The van der Waals surface area contributed by atoms with Crippen LogP contribution in [0.25, 0.3) is 0 Å². The second-order valence-electron chi connectivity index (χ2n) is 4.41. The summed E-state index contributed by atoms with van der Waals surface area (Å²) in [6, 6.07) is 3.50. The minimum absolute atomic E-state index is 0.159. The van der Waals surface area contributed by atoms with Gasteiger partial charge >= 0.3 is 0 Å². The van der Waals surface area contributed by atoms with Crippen LogP contribution in [0.3, 0.4) is 0 Å². The van der Waals surface area contributed by atoms with Crippen molar-refractivity contribution in [1.82, 2.24) is 0 Å². The maximum absolute atomic E-state index is 11.4. The molecule has 0 radical (unpaired) electrons. The Morgan fingerprint density at radius 1 is 1.35 bits per heavy atom. The van der Waals surface area contributed by atoms with E-state index in [0.717, 1.165) is 23.2 Å². The van der Waals surface area contributed by atoms with Crippen LogP contribution in [-0.2, 0) is 10.0 Å². The van der Waals surface area contributed by atoms with E-state index in [0.29, 0.717) is 6.04 Å². The quantitative estimate of drug-likeness (QED) is 0.867. The zero-order valence-corrected chi connectivity index (χ0v) is 11.6. The highest BCUT2D eigenvalue weighted by molar-refractivity contribution is 7.89. The summed E-state index contributed by atoms with van der Waals surface area (Å²) in [5, 5.41) is 8.45. The molecule has 0 aliphatic carbocycles. The number of hydrogen-bond acceptors (Lipinski definition) is 3. The molecule has 3 N–H and O–H groups in total. The fraction of sp³-hybridized carbons (Fsp3) is 0.500. The van der Waals surface area contributed by atoms with Crippen LogP contribution in [0.1, 0.15) is 31.4 Å². The van der Waals surface area contributed by atoms with Crippen LogP contribution in [0.15, 0.2) is 17.0 Å². The van der Waals surface area contributed by atoms with E-state index in [4.69, 9.17) is 5.14 Å². The molecule has 4 nitrogen and oxygen atoms in total. The maximum Gasteiger partial charge on any atom is 0.238 e. The van der Waals surface area contributed by atoms with Crippen molar-refractivity contribution in [3.8, 4) is 0 Å². The molecule has 96 valence electrons. The summed E-state index contributed by atoms with van der Waals surface area (Å²) in [5.74, 6) is 0. The van der Waals surface area contributed by atoms with Gasteiger partial charge in [0.15, 0.2) is 0 Å². The Morgan fingerprint density at radius 3 is 2.41 bits per heavy atom. The topological polar surface area (TPSA) is 72.2 Å². The molecule has 0 bridgehead atoms. The third-order valence-electron chi connectivity index (χ3n) is 2.98. The van der Waals surface area contributed by atoms with Gasteiger partial charge in [0.1, 0.15) is 0 Å². The molecular formula is C12H20N2O2S. The second-order valence-corrected chi connectivity index (χ2v) is 5.97. The van der Waals surface area contributed by atoms with E-state index < -0.39 is 10.0 Å². The first-order valence-electron chi connectivity index (χ1n) is 5.66. The Balaban J connectivity index is 3.25. The number of hydrogen-bond donors (Lipinski definition) is 2. The summed E-state index contributed by atoms with van der Waals surface area (Å²) in [7, 11) is -3.65. The van der Waals surface area contributed by atoms with Crippen molar-refractivity contribution < 1.29 is 8.42 Å². The molecule has 17 heavy (non-hydrogen) atoms. The number of nitrogens with two attached hydrogens (primary N) is 1. The van der Waals surface area contributed by atoms with Crippen molar-refractivity contribution in [2.45, 2.75) is 45.1 Å². The highest BCUT2D eigenvalue weighted by Crippen LogP contribution is 2.24. The number of anilines is 1. The number of rotatable bonds is 4. The van der Waals surface area contributed by atoms with Crippen molar-refractivity contribution in [2.24, 2.45) is 5.14 Å². The first-order chi connectivity index (χ1) is 7.75. The highest BCUT2D eigenvalue weighted by Gasteiger charge is 2.13. The first kappa shape index (κ1) is 14.0. The van der Waals surface area contributed by atoms with Crippen LogP contribution in [-0.4, -0.2) is 14.5 Å². The molecule has 5 heteroatoms. The Labute approximate surface area is 103 Å². The SMILES string of the molecule is CCC(C)Nc1cc(S(N)(=O)=O)cc(C)c1C. The van der Waals surface area contributed by atoms with Crippen LogP contribution in [0.5, 0.6) is 0 Å². The fourth-order valence-corrected chi connectivity index (χ4v) is 2.13. The van der Waals surface area contributed by atoms with E-state index in [9.17, 15) is 8.42 Å². The molecule has 0 aliphatic heterocycles. The molecule has 0 spiro atoms. The minimum Gasteiger partial charge on any atom is -0.382 e. The average molecular weight is 256 g/mol. The summed E-state index contributed by atoms with van der Waals surface area (Å²) < 4.78 is 22.7. The van der Waals surface area contributed by atoms with Crippen LogP contribution < -0.4 is 10.5 Å². The Hall–Kier alpha value is -1.07. The van der Waals surface area contributed by atoms with E-state index in [2.05, 4.69) is 19.2 Å². The Bertz CT molecular complexity index is 509. The van der Waals surface area contributed by atoms with E-state index in [1.54, 1.807) is 12.1 Å². The number of primary sulfonamides is 1. The van der Waals surface area contributed by atoms with Crippen molar-refractivity contribution in [3.63, 3.8) is 0 Å². The van der Waals surface area contributed by atoms with Gasteiger partial charge in [0.05, 0.1) is 4.90 Å². The lowest BCUT2D eigenvalue weighted by atomic mass is 10.1. The third-order valence-corrected chi connectivity index (χ3v) is 3.88. The fourth-order valence-electron chi connectivity index (χ4n) is 1.51. The van der Waals surface area contributed by atoms with E-state index in [1.165, 1.54) is 0 Å². The molecule has 0 saturated heterocycles. The van der Waals surface area contributed by atoms with Gasteiger partial charge in [-0.15, -0.1) is 0 Å². The third kappa shape index (κ3) is 3.44. The van der Waals surface area contributed by atoms with E-state index >= 15 is 0 Å². The van der Waals surface area contributed by atoms with Gasteiger partial charge in [-0.2, -0.15) is 0 Å². The molecule has 1 atom stereocenters. The molecule has 1 rings (SSSR count). The number of nitrogens with one attached hydrogen (secondary N) is 1. The van der Waals surface area contributed by atoms with Crippen LogP contribution in [0.2, 0.25) is 0 Å². The first-order valence-corrected chi connectivity index (χ1v) is 7.21. The van der Waals surface area contributed by atoms with E-state index in [1.807, 2.05) is 13.8 Å². The maximum atomic E-state index is 11.4. The lowest BCUT2D eigenvalue weighted by molar-refractivity contribution is 0.597. The summed E-state index contributed by atoms with van der Waals surface area (Å²) in [4.78, 5) is 0.159. The predicted octanol–water partition coefficient (Wildman–Crippen LogP) is 2.16. The van der Waals surface area contributed by atoms with Gasteiger partial charge in [0.2, 0.25) is 10.0 Å². The average Bonchev–Trinajstić information content (AvgIpc) is 2.22. The van der Waals surface area contributed by atoms with Gasteiger partial charge in [-0.05, 0) is 50.5 Å². The van der Waals surface area contributed by atoms with Gasteiger partial charge in [-0.3, -0.25) is 0 Å². The minimum atomic E-state index is -3.65. The summed E-state index contributed by atoms with van der Waals surface area (Å²) in [6.07, 6.45) is 0.970. The number of sulfonamides is 1. The van der Waals surface area contributed by atoms with Gasteiger partial charge < -0.3 is 5.32 Å². The van der Waals surface area contributed by atoms with Crippen LogP contribution >= 0.6 is 0 Å². The number of aryl methyl sites for hydroxylation is 1. The molecule has 0 amide bonds. The molecule has 1 unspecified atom stereocenters. The van der Waals surface area contributed by atoms with Gasteiger partial charge in [-0.1, -0.05) is 6.92 Å². The van der Waals surface area contributed by atoms with Crippen molar-refractivity contribution in [1.29, 1.82) is 0 Å². The van der Waals surface area contributed by atoms with E-state index in [-0.39, 0.29) is 4.90 Å². The van der Waals surface area contributed by atoms with Gasteiger partial charge in [0, 0.05) is 11.7 Å². The molecular weight excluding hydrogens is 236 g/mol. The van der Waals surface area contributed by atoms with Crippen molar-refractivity contribution in [2.75, 3.05) is 5.32 Å². The lowest BCUT2D eigenvalue weighted by Gasteiger charge is -2.17. The Kier molecular flexibility index (Phi) is 4.16. The van der Waals surface area contributed by atoms with Crippen LogP contribution in [0.4, 0.5) is 5.69 Å². The lowest BCUT2D eigenvalue weighted by Crippen LogP contribution is -2.17. The van der Waals surface area contributed by atoms with Crippen LogP contribution in [0, 0.1) is 13.8 Å². The number of benzene rings is 1. The van der Waals surface area contributed by atoms with Gasteiger partial charge in [-0.25, -0.2) is 13.6 Å². The normalized spacial score (nSPS) is 13.5. The van der Waals surface area contributed by atoms with Gasteiger partial charge in [0.25, 0.3) is 0 Å². The highest BCUT2D eigenvalue weighted by atomic mass is 32.2. The molecule has 0 fully saturated rings. The van der Waals surface area contributed by atoms with Crippen molar-refractivity contribution >= 4 is 15.7 Å². The molecule has 1 aromatic rings. The largest absolute Gasteiger partial charge is 0.382 e. The molecule has 0 saturated carbocycles. The summed E-state index contributed by atoms with van der Waals surface area (Å²) in [6.45, 7) is 7.97. The molecule has 0 aromatic heterocycles. The molecule has 0 aliphatic rings. The predicted molar refractivity (Wildman–Crippen MR) is 70.7 cm³/mol. The standard InChI is InChI=1S/C12H20N2O2S/c1-5-9(3)14-12-7-11(17(13,15)16)6-8(2)10(12)4/h6-7,9,14H,5H2,1-4H3,(H2,13,15,16). The zero-order chi connectivity index (χ0) is 13.2. The molecule has 1 aromatic carbocycles. The summed E-state index contributed by atoms with van der Waals surface area (Å²) >= 11 is 0. The monoisotopic (exact) mass is 256 g/mol. The zero-order valence-electron chi connectivity index (χ0n) is 10.7. The van der Waals surface area contributed by atoms with Crippen molar-refractivity contribution in [3.05, 3.63) is 23.3 Å². The smallest absolute Gasteiger partial charge is 0.238 e. The Morgan fingerprint density at radius 2 is 1.94 bits per heavy atom.